The molecule has 5 heterocycles. The quantitative estimate of drug-likeness (QED) is 0.483. The summed E-state index contributed by atoms with van der Waals surface area (Å²) < 4.78 is 5.69. The fourth-order valence-electron chi connectivity index (χ4n) is 4.07. The van der Waals surface area contributed by atoms with Crippen LogP contribution in [0.15, 0.2) is 53.3 Å². The van der Waals surface area contributed by atoms with Gasteiger partial charge in [-0.15, -0.1) is 0 Å². The lowest BCUT2D eigenvalue weighted by Crippen LogP contribution is -2.24. The molecule has 4 aromatic rings. The number of H-pyrrole nitrogens is 1. The molecule has 1 unspecified atom stereocenters. The van der Waals surface area contributed by atoms with Gasteiger partial charge in [0.25, 0.3) is 0 Å². The van der Waals surface area contributed by atoms with E-state index >= 15 is 0 Å². The summed E-state index contributed by atoms with van der Waals surface area (Å²) in [5.41, 5.74) is 2.73. The van der Waals surface area contributed by atoms with Gasteiger partial charge in [0.15, 0.2) is 11.6 Å². The maximum atomic E-state index is 5.69. The zero-order valence-electron chi connectivity index (χ0n) is 16.9. The van der Waals surface area contributed by atoms with E-state index in [0.29, 0.717) is 11.9 Å². The first-order valence-electron chi connectivity index (χ1n) is 10.6. The van der Waals surface area contributed by atoms with Crippen LogP contribution in [0.2, 0.25) is 0 Å². The number of rotatable bonds is 6. The van der Waals surface area contributed by atoms with E-state index in [1.807, 2.05) is 30.3 Å². The molecule has 1 atom stereocenters. The number of aromatic amines is 1. The van der Waals surface area contributed by atoms with E-state index in [4.69, 9.17) is 9.51 Å². The van der Waals surface area contributed by atoms with Crippen LogP contribution in [0.3, 0.4) is 0 Å². The molecule has 31 heavy (non-hydrogen) atoms. The fraction of sp³-hybridized carbons (Fsp3) is 0.318. The summed E-state index contributed by atoms with van der Waals surface area (Å²) in [7, 11) is 0. The van der Waals surface area contributed by atoms with Crippen LogP contribution in [-0.4, -0.2) is 36.9 Å². The second-order valence-electron chi connectivity index (χ2n) is 8.03. The molecule has 0 amide bonds. The normalized spacial score (nSPS) is 18.5. The molecule has 9 heteroatoms. The zero-order chi connectivity index (χ0) is 20.6. The van der Waals surface area contributed by atoms with E-state index in [-0.39, 0.29) is 6.04 Å². The van der Waals surface area contributed by atoms with Gasteiger partial charge in [-0.2, -0.15) is 10.1 Å². The van der Waals surface area contributed by atoms with Crippen molar-refractivity contribution in [3.05, 3.63) is 60.2 Å². The lowest BCUT2D eigenvalue weighted by Gasteiger charge is -2.22. The highest BCUT2D eigenvalue weighted by Gasteiger charge is 2.31. The van der Waals surface area contributed by atoms with Gasteiger partial charge in [-0.25, -0.2) is 4.98 Å². The van der Waals surface area contributed by atoms with Gasteiger partial charge in [-0.1, -0.05) is 11.2 Å². The average molecular weight is 414 g/mol. The fourth-order valence-corrected chi connectivity index (χ4v) is 4.07. The highest BCUT2D eigenvalue weighted by molar-refractivity contribution is 5.56. The molecule has 2 fully saturated rings. The standard InChI is InChI=1S/C22H22N8O/c1-2-9-23-15(4-1)17-12-19(31-29-17)18-5-3-11-30(18)22-24-10-8-20(26-22)25-21-13-16(27-28-21)14-6-7-14/h1-2,4,8-10,12-14,18H,3,5-7,11H2,(H2,24,25,26,27,28). The topological polar surface area (TPSA) is 109 Å². The minimum atomic E-state index is 0.0482. The third-order valence-electron chi connectivity index (χ3n) is 5.81. The van der Waals surface area contributed by atoms with Gasteiger partial charge >= 0.3 is 0 Å². The molecule has 156 valence electrons. The summed E-state index contributed by atoms with van der Waals surface area (Å²) >= 11 is 0. The first-order chi connectivity index (χ1) is 15.3. The molecule has 1 aliphatic carbocycles. The van der Waals surface area contributed by atoms with Crippen LogP contribution in [0.25, 0.3) is 11.4 Å². The number of anilines is 3. The maximum absolute atomic E-state index is 5.69. The first kappa shape index (κ1) is 18.1. The van der Waals surface area contributed by atoms with Crippen LogP contribution in [0.4, 0.5) is 17.6 Å². The number of aromatic nitrogens is 6. The monoisotopic (exact) mass is 414 g/mol. The Morgan fingerprint density at radius 3 is 2.84 bits per heavy atom. The second kappa shape index (κ2) is 7.50. The Balaban J connectivity index is 1.22. The van der Waals surface area contributed by atoms with Gasteiger partial charge in [0, 0.05) is 42.7 Å². The van der Waals surface area contributed by atoms with Crippen LogP contribution < -0.4 is 10.2 Å². The Labute approximate surface area is 178 Å². The highest BCUT2D eigenvalue weighted by Crippen LogP contribution is 2.40. The van der Waals surface area contributed by atoms with Crippen molar-refractivity contribution in [3.63, 3.8) is 0 Å². The van der Waals surface area contributed by atoms with Gasteiger partial charge in [0.2, 0.25) is 5.95 Å². The van der Waals surface area contributed by atoms with E-state index in [9.17, 15) is 0 Å². The predicted octanol–water partition coefficient (Wildman–Crippen LogP) is 4.21. The van der Waals surface area contributed by atoms with E-state index in [2.05, 4.69) is 41.6 Å². The number of pyridine rings is 1. The van der Waals surface area contributed by atoms with Gasteiger partial charge in [-0.05, 0) is 43.9 Å². The smallest absolute Gasteiger partial charge is 0.227 e. The molecule has 1 saturated carbocycles. The lowest BCUT2D eigenvalue weighted by atomic mass is 10.1. The third-order valence-corrected chi connectivity index (χ3v) is 5.81. The summed E-state index contributed by atoms with van der Waals surface area (Å²) in [6, 6.07) is 11.7. The summed E-state index contributed by atoms with van der Waals surface area (Å²) in [4.78, 5) is 15.8. The average Bonchev–Trinajstić information content (AvgIpc) is 3.21. The minimum absolute atomic E-state index is 0.0482. The second-order valence-corrected chi connectivity index (χ2v) is 8.03. The van der Waals surface area contributed by atoms with Crippen molar-refractivity contribution in [3.8, 4) is 11.4 Å². The molecule has 0 spiro atoms. The molecule has 9 nitrogen and oxygen atoms in total. The Morgan fingerprint density at radius 1 is 1.00 bits per heavy atom. The van der Waals surface area contributed by atoms with Crippen LogP contribution >= 0.6 is 0 Å². The van der Waals surface area contributed by atoms with Crippen molar-refractivity contribution in [1.82, 2.24) is 30.3 Å². The summed E-state index contributed by atoms with van der Waals surface area (Å²) in [5, 5.41) is 15.0. The Morgan fingerprint density at radius 2 is 1.97 bits per heavy atom. The van der Waals surface area contributed by atoms with E-state index in [0.717, 1.165) is 48.2 Å². The van der Waals surface area contributed by atoms with Crippen LogP contribution in [0.5, 0.6) is 0 Å². The highest BCUT2D eigenvalue weighted by atomic mass is 16.5. The summed E-state index contributed by atoms with van der Waals surface area (Å²) in [6.07, 6.45) is 8.00. The van der Waals surface area contributed by atoms with E-state index in [1.165, 1.54) is 18.5 Å². The summed E-state index contributed by atoms with van der Waals surface area (Å²) in [5.74, 6) is 3.60. The maximum Gasteiger partial charge on any atom is 0.227 e. The number of hydrogen-bond donors (Lipinski definition) is 2. The number of hydrogen-bond acceptors (Lipinski definition) is 8. The van der Waals surface area contributed by atoms with Gasteiger partial charge in [0.1, 0.15) is 11.5 Å². The number of nitrogens with zero attached hydrogens (tertiary/aromatic N) is 6. The van der Waals surface area contributed by atoms with Gasteiger partial charge < -0.3 is 14.7 Å². The largest absolute Gasteiger partial charge is 0.358 e. The van der Waals surface area contributed by atoms with Crippen molar-refractivity contribution in [2.75, 3.05) is 16.8 Å². The van der Waals surface area contributed by atoms with Gasteiger partial charge in [-0.3, -0.25) is 10.1 Å². The SMILES string of the molecule is c1ccc(-c2cc(C3CCCN3c3nccc(Nc4cc(C5CC5)[nH]n4)n3)on2)nc1. The number of nitrogens with one attached hydrogen (secondary N) is 2. The van der Waals surface area contributed by atoms with Crippen LogP contribution in [0.1, 0.15) is 49.1 Å². The Bertz CT molecular complexity index is 1180. The molecule has 6 rings (SSSR count). The van der Waals surface area contributed by atoms with Crippen molar-refractivity contribution in [2.45, 2.75) is 37.6 Å². The molecule has 0 radical (unpaired) electrons. The van der Waals surface area contributed by atoms with E-state index in [1.54, 1.807) is 12.4 Å². The summed E-state index contributed by atoms with van der Waals surface area (Å²) in [6.45, 7) is 0.863. The van der Waals surface area contributed by atoms with Crippen molar-refractivity contribution in [2.24, 2.45) is 0 Å². The molecule has 2 N–H and O–H groups in total. The molecule has 0 bridgehead atoms. The molecule has 1 saturated heterocycles. The Kier molecular flexibility index (Phi) is 4.37. The van der Waals surface area contributed by atoms with Crippen LogP contribution in [-0.2, 0) is 0 Å². The van der Waals surface area contributed by atoms with Crippen molar-refractivity contribution >= 4 is 17.6 Å². The molecule has 4 aromatic heterocycles. The van der Waals surface area contributed by atoms with Crippen molar-refractivity contribution in [1.29, 1.82) is 0 Å². The third kappa shape index (κ3) is 3.63. The zero-order valence-corrected chi connectivity index (χ0v) is 16.9. The molecule has 1 aliphatic heterocycles. The molecule has 2 aliphatic rings. The molecule has 0 aromatic carbocycles. The van der Waals surface area contributed by atoms with Gasteiger partial charge in [0.05, 0.1) is 11.7 Å². The van der Waals surface area contributed by atoms with E-state index < -0.39 is 0 Å². The minimum Gasteiger partial charge on any atom is -0.358 e. The molecular formula is C22H22N8O. The molecular weight excluding hydrogens is 392 g/mol. The lowest BCUT2D eigenvalue weighted by molar-refractivity contribution is 0.362. The predicted molar refractivity (Wildman–Crippen MR) is 115 cm³/mol. The van der Waals surface area contributed by atoms with Crippen molar-refractivity contribution < 1.29 is 4.52 Å². The first-order valence-corrected chi connectivity index (χ1v) is 10.6. The Hall–Kier alpha value is -3.75. The van der Waals surface area contributed by atoms with Crippen LogP contribution in [0, 0.1) is 0 Å².